The van der Waals surface area contributed by atoms with Crippen molar-refractivity contribution in [2.24, 2.45) is 0 Å². The third-order valence-electron chi connectivity index (χ3n) is 3.56. The van der Waals surface area contributed by atoms with Crippen molar-refractivity contribution in [2.75, 3.05) is 7.11 Å². The Balaban J connectivity index is 2.02. The van der Waals surface area contributed by atoms with Crippen molar-refractivity contribution in [3.05, 3.63) is 57.1 Å². The van der Waals surface area contributed by atoms with E-state index in [0.717, 1.165) is 5.69 Å². The molecule has 0 unspecified atom stereocenters. The fourth-order valence-corrected chi connectivity index (χ4v) is 2.64. The molecule has 2 heterocycles. The molecule has 2 aromatic heterocycles. The van der Waals surface area contributed by atoms with Crippen LogP contribution < -0.4 is 5.56 Å². The average Bonchev–Trinajstić information content (AvgIpc) is 3.06. The number of carbonyl (C=O) groups excluding carboxylic acids is 1. The number of esters is 1. The Morgan fingerprint density at radius 1 is 1.43 bits per heavy atom. The first-order valence-electron chi connectivity index (χ1n) is 6.92. The van der Waals surface area contributed by atoms with Crippen LogP contribution >= 0.6 is 12.2 Å². The summed E-state index contributed by atoms with van der Waals surface area (Å²) in [5, 5.41) is 0.468. The highest BCUT2D eigenvalue weighted by Crippen LogP contribution is 2.12. The van der Waals surface area contributed by atoms with Crippen LogP contribution in [0.3, 0.4) is 0 Å². The van der Waals surface area contributed by atoms with Crippen LogP contribution in [-0.4, -0.2) is 32.6 Å². The first kappa shape index (κ1) is 15.2. The van der Waals surface area contributed by atoms with E-state index >= 15 is 0 Å². The van der Waals surface area contributed by atoms with Crippen molar-refractivity contribution in [2.45, 2.75) is 13.0 Å². The highest BCUT2D eigenvalue weighted by molar-refractivity contribution is 7.71. The quantitative estimate of drug-likeness (QED) is 0.562. The average molecular weight is 330 g/mol. The number of nitrogens with one attached hydrogen (secondary N) is 2. The summed E-state index contributed by atoms with van der Waals surface area (Å²) in [7, 11) is 1.31. The molecule has 1 aromatic carbocycles. The number of ether oxygens (including phenoxy) is 1. The number of aromatic nitrogens is 4. The Labute approximate surface area is 136 Å². The van der Waals surface area contributed by atoms with Gasteiger partial charge in [-0.3, -0.25) is 9.36 Å². The van der Waals surface area contributed by atoms with Crippen molar-refractivity contribution >= 4 is 29.1 Å². The van der Waals surface area contributed by atoms with Gasteiger partial charge in [0, 0.05) is 24.9 Å². The Morgan fingerprint density at radius 2 is 2.26 bits per heavy atom. The lowest BCUT2D eigenvalue weighted by Crippen LogP contribution is -2.23. The molecule has 0 amide bonds. The molecule has 0 aliphatic heterocycles. The predicted molar refractivity (Wildman–Crippen MR) is 87.0 cm³/mol. The van der Waals surface area contributed by atoms with E-state index in [-0.39, 0.29) is 5.56 Å². The van der Waals surface area contributed by atoms with Gasteiger partial charge in [-0.05, 0) is 30.4 Å². The molecule has 3 aromatic rings. The molecule has 118 valence electrons. The molecule has 0 bridgehead atoms. The van der Waals surface area contributed by atoms with Crippen LogP contribution in [0.4, 0.5) is 0 Å². The van der Waals surface area contributed by atoms with Crippen molar-refractivity contribution in [3.63, 3.8) is 0 Å². The molecule has 0 fully saturated rings. The van der Waals surface area contributed by atoms with Crippen LogP contribution in [0.25, 0.3) is 10.9 Å². The number of benzene rings is 1. The number of hydrogen-bond acceptors (Lipinski definition) is 5. The molecule has 23 heavy (non-hydrogen) atoms. The van der Waals surface area contributed by atoms with Crippen LogP contribution in [0.2, 0.25) is 0 Å². The van der Waals surface area contributed by atoms with Crippen LogP contribution in [0.1, 0.15) is 16.1 Å². The number of fused-ring (bicyclic) bond motifs is 1. The van der Waals surface area contributed by atoms with Gasteiger partial charge in [-0.2, -0.15) is 0 Å². The van der Waals surface area contributed by atoms with Crippen LogP contribution in [0.5, 0.6) is 0 Å². The molecule has 0 spiro atoms. The fraction of sp³-hybridized carbons (Fsp3) is 0.200. The number of H-pyrrole nitrogens is 2. The van der Waals surface area contributed by atoms with Gasteiger partial charge in [0.2, 0.25) is 0 Å². The van der Waals surface area contributed by atoms with E-state index in [1.807, 2.05) is 0 Å². The monoisotopic (exact) mass is 330 g/mol. The third-order valence-corrected chi connectivity index (χ3v) is 3.89. The molecule has 0 atom stereocenters. The molecule has 2 N–H and O–H groups in total. The molecule has 3 rings (SSSR count). The lowest BCUT2D eigenvalue weighted by Gasteiger charge is -2.08. The maximum Gasteiger partial charge on any atom is 0.337 e. The summed E-state index contributed by atoms with van der Waals surface area (Å²) in [6, 6.07) is 4.73. The van der Waals surface area contributed by atoms with Crippen LogP contribution in [0, 0.1) is 4.77 Å². The van der Waals surface area contributed by atoms with E-state index < -0.39 is 5.97 Å². The highest BCUT2D eigenvalue weighted by Gasteiger charge is 2.10. The molecule has 0 saturated heterocycles. The molecule has 0 radical (unpaired) electrons. The smallest absolute Gasteiger partial charge is 0.337 e. The molecule has 7 nitrogen and oxygen atoms in total. The zero-order chi connectivity index (χ0) is 16.4. The van der Waals surface area contributed by atoms with Gasteiger partial charge in [0.05, 0.1) is 29.9 Å². The maximum atomic E-state index is 12.6. The van der Waals surface area contributed by atoms with E-state index in [9.17, 15) is 9.59 Å². The minimum Gasteiger partial charge on any atom is -0.465 e. The van der Waals surface area contributed by atoms with Gasteiger partial charge in [0.25, 0.3) is 5.56 Å². The zero-order valence-electron chi connectivity index (χ0n) is 12.3. The lowest BCUT2D eigenvalue weighted by atomic mass is 10.1. The van der Waals surface area contributed by atoms with Crippen molar-refractivity contribution < 1.29 is 9.53 Å². The van der Waals surface area contributed by atoms with E-state index in [0.29, 0.717) is 34.2 Å². The van der Waals surface area contributed by atoms with Gasteiger partial charge in [-0.1, -0.05) is 0 Å². The molecule has 0 aliphatic rings. The summed E-state index contributed by atoms with van der Waals surface area (Å²) in [5.74, 6) is -0.463. The molecule has 0 saturated carbocycles. The van der Waals surface area contributed by atoms with E-state index in [1.54, 1.807) is 30.7 Å². The Bertz CT molecular complexity index is 973. The summed E-state index contributed by atoms with van der Waals surface area (Å²) < 4.78 is 6.48. The Kier molecular flexibility index (Phi) is 4.07. The van der Waals surface area contributed by atoms with Crippen molar-refractivity contribution in [1.29, 1.82) is 0 Å². The zero-order valence-corrected chi connectivity index (χ0v) is 13.1. The summed E-state index contributed by atoms with van der Waals surface area (Å²) in [5.41, 5.74) is 1.60. The first-order chi connectivity index (χ1) is 11.1. The number of carbonyl (C=O) groups is 1. The van der Waals surface area contributed by atoms with E-state index in [2.05, 4.69) is 19.7 Å². The van der Waals surface area contributed by atoms with Gasteiger partial charge in [0.1, 0.15) is 0 Å². The maximum absolute atomic E-state index is 12.6. The predicted octanol–water partition coefficient (Wildman–Crippen LogP) is 1.81. The standard InChI is InChI=1S/C15H14N4O3S/c1-22-14(21)9-2-3-11-12(6-9)18-15(23)19(13(11)20)5-4-10-7-16-8-17-10/h2-3,6-8H,4-5H2,1H3,(H,16,17)(H,18,23). The van der Waals surface area contributed by atoms with Gasteiger partial charge in [0.15, 0.2) is 4.77 Å². The SMILES string of the molecule is COC(=O)c1ccc2c(=O)n(CCc3cnc[nH]3)c(=S)[nH]c2c1. The largest absolute Gasteiger partial charge is 0.465 e. The Morgan fingerprint density at radius 3 is 2.96 bits per heavy atom. The second-order valence-corrected chi connectivity index (χ2v) is 5.35. The van der Waals surface area contributed by atoms with Gasteiger partial charge >= 0.3 is 5.97 Å². The molecule has 8 heteroatoms. The number of aromatic amines is 2. The second kappa shape index (κ2) is 6.17. The third kappa shape index (κ3) is 2.93. The number of rotatable bonds is 4. The molecular weight excluding hydrogens is 316 g/mol. The normalized spacial score (nSPS) is 10.8. The summed E-state index contributed by atoms with van der Waals surface area (Å²) in [6.45, 7) is 0.436. The number of hydrogen-bond donors (Lipinski definition) is 2. The van der Waals surface area contributed by atoms with E-state index in [4.69, 9.17) is 12.2 Å². The number of aryl methyl sites for hydroxylation is 1. The lowest BCUT2D eigenvalue weighted by molar-refractivity contribution is 0.0601. The minimum absolute atomic E-state index is 0.195. The molecule has 0 aliphatic carbocycles. The van der Waals surface area contributed by atoms with Crippen LogP contribution in [-0.2, 0) is 17.7 Å². The second-order valence-electron chi connectivity index (χ2n) is 4.97. The first-order valence-corrected chi connectivity index (χ1v) is 7.33. The van der Waals surface area contributed by atoms with Crippen molar-refractivity contribution in [3.8, 4) is 0 Å². The minimum atomic E-state index is -0.463. The van der Waals surface area contributed by atoms with Gasteiger partial charge in [-0.15, -0.1) is 0 Å². The number of nitrogens with zero attached hydrogens (tertiary/aromatic N) is 2. The van der Waals surface area contributed by atoms with E-state index in [1.165, 1.54) is 11.7 Å². The Hall–Kier alpha value is -2.74. The fourth-order valence-electron chi connectivity index (χ4n) is 2.36. The highest BCUT2D eigenvalue weighted by atomic mass is 32.1. The van der Waals surface area contributed by atoms with Gasteiger partial charge < -0.3 is 14.7 Å². The summed E-state index contributed by atoms with van der Waals surface area (Å²) in [6.07, 6.45) is 3.91. The van der Waals surface area contributed by atoms with Crippen LogP contribution in [0.15, 0.2) is 35.5 Å². The summed E-state index contributed by atoms with van der Waals surface area (Å²) >= 11 is 5.26. The topological polar surface area (TPSA) is 92.8 Å². The van der Waals surface area contributed by atoms with Gasteiger partial charge in [-0.25, -0.2) is 9.78 Å². The number of imidazole rings is 1. The number of methoxy groups -OCH3 is 1. The summed E-state index contributed by atoms with van der Waals surface area (Å²) in [4.78, 5) is 34.1. The molecular formula is C15H14N4O3S. The van der Waals surface area contributed by atoms with Crippen molar-refractivity contribution in [1.82, 2.24) is 19.5 Å².